The van der Waals surface area contributed by atoms with Gasteiger partial charge < -0.3 is 9.47 Å². The largest absolute Gasteiger partial charge is 0.496 e. The molecule has 20 heavy (non-hydrogen) atoms. The van der Waals surface area contributed by atoms with Gasteiger partial charge >= 0.3 is 5.97 Å². The number of hydrogen-bond acceptors (Lipinski definition) is 5. The summed E-state index contributed by atoms with van der Waals surface area (Å²) in [5.41, 5.74) is 0.438. The highest BCUT2D eigenvalue weighted by atomic mass is 32.2. The van der Waals surface area contributed by atoms with E-state index >= 15 is 0 Å². The van der Waals surface area contributed by atoms with Crippen LogP contribution in [0.3, 0.4) is 0 Å². The maximum atomic E-state index is 11.8. The zero-order valence-corrected chi connectivity index (χ0v) is 12.5. The van der Waals surface area contributed by atoms with Gasteiger partial charge in [-0.05, 0) is 47.0 Å². The summed E-state index contributed by atoms with van der Waals surface area (Å²) in [6.07, 6.45) is 0. The molecule has 0 aromatic heterocycles. The Labute approximate surface area is 122 Å². The number of fused-ring (bicyclic) bond motifs is 1. The molecule has 0 aliphatic heterocycles. The average Bonchev–Trinajstić information content (AvgIpc) is 2.50. The molecule has 0 aliphatic carbocycles. The van der Waals surface area contributed by atoms with Crippen molar-refractivity contribution < 1.29 is 14.3 Å². The van der Waals surface area contributed by atoms with Gasteiger partial charge in [-0.2, -0.15) is 0 Å². The lowest BCUT2D eigenvalue weighted by Gasteiger charge is -2.10. The Bertz CT molecular complexity index is 628. The number of carbonyl (C=O) groups is 1. The lowest BCUT2D eigenvalue weighted by Crippen LogP contribution is -2.04. The van der Waals surface area contributed by atoms with Crippen LogP contribution in [0.1, 0.15) is 17.3 Å². The molecule has 106 valence electrons. The molecular formula is C15H17NO3S. The van der Waals surface area contributed by atoms with E-state index in [0.29, 0.717) is 11.3 Å². The van der Waals surface area contributed by atoms with E-state index < -0.39 is 5.97 Å². The van der Waals surface area contributed by atoms with Gasteiger partial charge in [-0.25, -0.2) is 4.79 Å². The van der Waals surface area contributed by atoms with Gasteiger partial charge in [-0.15, -0.1) is 0 Å². The maximum Gasteiger partial charge on any atom is 0.341 e. The van der Waals surface area contributed by atoms with Crippen LogP contribution in [0.15, 0.2) is 35.2 Å². The average molecular weight is 291 g/mol. The third-order valence-corrected chi connectivity index (χ3v) is 3.79. The molecule has 0 bridgehead atoms. The van der Waals surface area contributed by atoms with Gasteiger partial charge in [0.1, 0.15) is 11.3 Å². The van der Waals surface area contributed by atoms with Crippen molar-refractivity contribution in [2.45, 2.75) is 11.8 Å². The smallest absolute Gasteiger partial charge is 0.341 e. The first-order chi connectivity index (χ1) is 9.69. The molecule has 0 aliphatic rings. The minimum atomic E-state index is -0.395. The van der Waals surface area contributed by atoms with Crippen LogP contribution in [0, 0.1) is 0 Å². The summed E-state index contributed by atoms with van der Waals surface area (Å²) >= 11 is 1.57. The van der Waals surface area contributed by atoms with Crippen LogP contribution < -0.4 is 9.46 Å². The van der Waals surface area contributed by atoms with E-state index in [1.807, 2.05) is 31.2 Å². The second-order valence-corrected chi connectivity index (χ2v) is 5.12. The Hall–Kier alpha value is -1.72. The molecule has 0 heterocycles. The molecular weight excluding hydrogens is 274 g/mol. The van der Waals surface area contributed by atoms with Gasteiger partial charge in [-0.1, -0.05) is 13.0 Å². The van der Waals surface area contributed by atoms with Crippen LogP contribution in [0.25, 0.3) is 10.8 Å². The number of rotatable bonds is 5. The Balaban J connectivity index is 2.49. The molecule has 0 spiro atoms. The van der Waals surface area contributed by atoms with E-state index in [9.17, 15) is 4.79 Å². The molecule has 0 saturated carbocycles. The predicted molar refractivity (Wildman–Crippen MR) is 81.4 cm³/mol. The van der Waals surface area contributed by atoms with Crippen molar-refractivity contribution >= 4 is 28.7 Å². The molecule has 4 nitrogen and oxygen atoms in total. The van der Waals surface area contributed by atoms with E-state index in [2.05, 4.69) is 4.72 Å². The normalized spacial score (nSPS) is 10.6. The number of hydrogen-bond donors (Lipinski definition) is 1. The van der Waals surface area contributed by atoms with E-state index in [1.165, 1.54) is 7.11 Å². The predicted octanol–water partition coefficient (Wildman–Crippen LogP) is 3.25. The number of methoxy groups -OCH3 is 2. The van der Waals surface area contributed by atoms with E-state index in [1.54, 1.807) is 25.1 Å². The second kappa shape index (κ2) is 6.63. The number of carbonyl (C=O) groups excluding carboxylic acids is 1. The first-order valence-electron chi connectivity index (χ1n) is 6.29. The van der Waals surface area contributed by atoms with Crippen LogP contribution in [-0.4, -0.2) is 26.7 Å². The zero-order valence-electron chi connectivity index (χ0n) is 11.7. The third kappa shape index (κ3) is 3.05. The molecule has 0 atom stereocenters. The van der Waals surface area contributed by atoms with Crippen molar-refractivity contribution in [2.24, 2.45) is 0 Å². The first kappa shape index (κ1) is 14.7. The highest BCUT2D eigenvalue weighted by Gasteiger charge is 2.14. The summed E-state index contributed by atoms with van der Waals surface area (Å²) in [6, 6.07) is 9.74. The molecule has 2 aromatic rings. The molecule has 1 N–H and O–H groups in total. The summed E-state index contributed by atoms with van der Waals surface area (Å²) in [7, 11) is 2.91. The van der Waals surface area contributed by atoms with Crippen molar-refractivity contribution in [1.29, 1.82) is 0 Å². The highest BCUT2D eigenvalue weighted by molar-refractivity contribution is 7.97. The van der Waals surface area contributed by atoms with Crippen molar-refractivity contribution in [3.63, 3.8) is 0 Å². The SMILES string of the molecule is CCNSc1ccc2cc(OC)c(C(=O)OC)cc2c1. The molecule has 0 radical (unpaired) electrons. The Morgan fingerprint density at radius 2 is 2.00 bits per heavy atom. The monoisotopic (exact) mass is 291 g/mol. The fourth-order valence-electron chi connectivity index (χ4n) is 1.91. The van der Waals surface area contributed by atoms with Gasteiger partial charge in [-0.3, -0.25) is 4.72 Å². The van der Waals surface area contributed by atoms with Crippen molar-refractivity contribution in [3.8, 4) is 5.75 Å². The fourth-order valence-corrected chi connectivity index (χ4v) is 2.55. The summed E-state index contributed by atoms with van der Waals surface area (Å²) in [5.74, 6) is 0.130. The number of nitrogens with one attached hydrogen (secondary N) is 1. The summed E-state index contributed by atoms with van der Waals surface area (Å²) in [5, 5.41) is 2.00. The Morgan fingerprint density at radius 3 is 2.65 bits per heavy atom. The lowest BCUT2D eigenvalue weighted by atomic mass is 10.1. The van der Waals surface area contributed by atoms with Crippen LogP contribution in [0.2, 0.25) is 0 Å². The van der Waals surface area contributed by atoms with E-state index in [4.69, 9.17) is 9.47 Å². The quantitative estimate of drug-likeness (QED) is 0.677. The number of esters is 1. The van der Waals surface area contributed by atoms with Gasteiger partial charge in [0, 0.05) is 11.4 Å². The summed E-state index contributed by atoms with van der Waals surface area (Å²) < 4.78 is 13.2. The van der Waals surface area contributed by atoms with Crippen LogP contribution in [0.4, 0.5) is 0 Å². The molecule has 0 fully saturated rings. The van der Waals surface area contributed by atoms with E-state index in [-0.39, 0.29) is 0 Å². The zero-order chi connectivity index (χ0) is 14.5. The van der Waals surface area contributed by atoms with Crippen LogP contribution in [-0.2, 0) is 4.74 Å². The van der Waals surface area contributed by atoms with Crippen LogP contribution >= 0.6 is 11.9 Å². The molecule has 0 saturated heterocycles. The molecule has 2 rings (SSSR count). The molecule has 5 heteroatoms. The number of benzene rings is 2. The Morgan fingerprint density at radius 1 is 1.20 bits per heavy atom. The van der Waals surface area contributed by atoms with Crippen molar-refractivity contribution in [1.82, 2.24) is 4.72 Å². The van der Waals surface area contributed by atoms with Gasteiger partial charge in [0.25, 0.3) is 0 Å². The summed E-state index contributed by atoms with van der Waals surface area (Å²) in [4.78, 5) is 12.9. The topological polar surface area (TPSA) is 47.6 Å². The van der Waals surface area contributed by atoms with E-state index in [0.717, 1.165) is 22.2 Å². The lowest BCUT2D eigenvalue weighted by molar-refractivity contribution is 0.0597. The summed E-state index contributed by atoms with van der Waals surface area (Å²) in [6.45, 7) is 2.94. The maximum absolute atomic E-state index is 11.8. The van der Waals surface area contributed by atoms with Gasteiger partial charge in [0.05, 0.1) is 14.2 Å². The van der Waals surface area contributed by atoms with Crippen molar-refractivity contribution in [2.75, 3.05) is 20.8 Å². The number of ether oxygens (including phenoxy) is 2. The molecule has 0 amide bonds. The standard InChI is InChI=1S/C15H17NO3S/c1-4-16-20-12-6-5-10-9-14(18-2)13(15(17)19-3)8-11(10)7-12/h5-9,16H,4H2,1-3H3. The van der Waals surface area contributed by atoms with Gasteiger partial charge in [0.2, 0.25) is 0 Å². The first-order valence-corrected chi connectivity index (χ1v) is 7.11. The fraction of sp³-hybridized carbons (Fsp3) is 0.267. The minimum Gasteiger partial charge on any atom is -0.496 e. The van der Waals surface area contributed by atoms with Crippen molar-refractivity contribution in [3.05, 3.63) is 35.9 Å². The molecule has 2 aromatic carbocycles. The van der Waals surface area contributed by atoms with Gasteiger partial charge in [0.15, 0.2) is 0 Å². The molecule has 0 unspecified atom stereocenters. The second-order valence-electron chi connectivity index (χ2n) is 4.15. The van der Waals surface area contributed by atoms with Crippen LogP contribution in [0.5, 0.6) is 5.75 Å². The Kier molecular flexibility index (Phi) is 4.87. The minimum absolute atomic E-state index is 0.395. The highest BCUT2D eigenvalue weighted by Crippen LogP contribution is 2.29. The third-order valence-electron chi connectivity index (χ3n) is 2.87.